The van der Waals surface area contributed by atoms with E-state index in [1.807, 2.05) is 20.8 Å². The molecule has 0 radical (unpaired) electrons. The molecule has 3 N–H and O–H groups in total. The van der Waals surface area contributed by atoms with Gasteiger partial charge in [-0.15, -0.1) is 0 Å². The van der Waals surface area contributed by atoms with Crippen molar-refractivity contribution in [2.75, 3.05) is 13.2 Å². The Hall–Kier alpha value is -3.39. The number of rotatable bonds is 6. The van der Waals surface area contributed by atoms with E-state index in [2.05, 4.69) is 22.3 Å². The van der Waals surface area contributed by atoms with Gasteiger partial charge in [0.05, 0.1) is 12.3 Å². The van der Waals surface area contributed by atoms with E-state index in [9.17, 15) is 18.0 Å². The van der Waals surface area contributed by atoms with Crippen molar-refractivity contribution in [1.82, 2.24) is 15.1 Å². The molecular formula is C27H27ClF4N4O2. The minimum atomic E-state index is -4.56. The lowest BCUT2D eigenvalue weighted by molar-refractivity contribution is -0.158. The van der Waals surface area contributed by atoms with Gasteiger partial charge in [-0.05, 0) is 58.0 Å². The lowest BCUT2D eigenvalue weighted by atomic mass is 10.0. The molecule has 0 fully saturated rings. The first-order valence-corrected chi connectivity index (χ1v) is 11.9. The lowest BCUT2D eigenvalue weighted by Crippen LogP contribution is -2.41. The van der Waals surface area contributed by atoms with Crippen molar-refractivity contribution in [3.63, 3.8) is 0 Å². The zero-order chi connectivity index (χ0) is 28.3. The predicted molar refractivity (Wildman–Crippen MR) is 138 cm³/mol. The topological polar surface area (TPSA) is 82.2 Å². The number of alkyl halides is 3. The Morgan fingerprint density at radius 3 is 2.42 bits per heavy atom. The third kappa shape index (κ3) is 7.34. The number of nitrogens with zero attached hydrogens (tertiary/aromatic N) is 2. The Bertz CT molecular complexity index is 1370. The summed E-state index contributed by atoms with van der Waals surface area (Å²) in [7, 11) is 0. The van der Waals surface area contributed by atoms with Gasteiger partial charge in [-0.25, -0.2) is 9.07 Å². The maximum Gasteiger partial charge on any atom is 0.405 e. The van der Waals surface area contributed by atoms with Crippen molar-refractivity contribution < 1.29 is 27.1 Å². The van der Waals surface area contributed by atoms with Gasteiger partial charge in [0.2, 0.25) is 0 Å². The second kappa shape index (κ2) is 11.6. The molecule has 3 aromatic rings. The maximum atomic E-state index is 15.3. The number of ether oxygens (including phenoxy) is 1. The number of halogens is 5. The summed E-state index contributed by atoms with van der Waals surface area (Å²) in [5.74, 6) is 4.11. The quantitative estimate of drug-likeness (QED) is 0.244. The zero-order valence-corrected chi connectivity index (χ0v) is 22.0. The molecule has 0 aliphatic carbocycles. The SMILES string of the molecule is Cc1c(C(=O)NC(C)(C)C)nn(-c2ccc(C#CCOC[C@H](N)C(F)(F)F)cc2F)c1-c1ccc(Cl)cc1. The molecular weight excluding hydrogens is 524 g/mol. The molecule has 0 aliphatic heterocycles. The molecule has 11 heteroatoms. The van der Waals surface area contributed by atoms with Gasteiger partial charge in [0, 0.05) is 27.3 Å². The number of aromatic nitrogens is 2. The van der Waals surface area contributed by atoms with Gasteiger partial charge in [0.25, 0.3) is 5.91 Å². The third-order valence-electron chi connectivity index (χ3n) is 5.24. The first-order valence-electron chi connectivity index (χ1n) is 11.5. The van der Waals surface area contributed by atoms with Crippen LogP contribution in [0.15, 0.2) is 42.5 Å². The van der Waals surface area contributed by atoms with E-state index < -0.39 is 36.1 Å². The third-order valence-corrected chi connectivity index (χ3v) is 5.50. The van der Waals surface area contributed by atoms with E-state index >= 15 is 4.39 Å². The summed E-state index contributed by atoms with van der Waals surface area (Å²) in [4.78, 5) is 13.0. The molecule has 0 spiro atoms. The summed E-state index contributed by atoms with van der Waals surface area (Å²) in [5.41, 5.74) is 6.68. The minimum Gasteiger partial charge on any atom is -0.367 e. The molecule has 0 unspecified atom stereocenters. The zero-order valence-electron chi connectivity index (χ0n) is 21.2. The van der Waals surface area contributed by atoms with Crippen molar-refractivity contribution in [3.05, 3.63) is 70.1 Å². The molecule has 38 heavy (non-hydrogen) atoms. The van der Waals surface area contributed by atoms with Crippen molar-refractivity contribution in [1.29, 1.82) is 0 Å². The molecule has 1 heterocycles. The molecule has 0 aliphatic rings. The highest BCUT2D eigenvalue weighted by molar-refractivity contribution is 6.30. The number of carbonyl (C=O) groups is 1. The number of carbonyl (C=O) groups excluding carboxylic acids is 1. The van der Waals surface area contributed by atoms with Gasteiger partial charge in [0.15, 0.2) is 5.69 Å². The highest BCUT2D eigenvalue weighted by Crippen LogP contribution is 2.31. The van der Waals surface area contributed by atoms with E-state index in [0.29, 0.717) is 21.8 Å². The highest BCUT2D eigenvalue weighted by atomic mass is 35.5. The van der Waals surface area contributed by atoms with Crippen LogP contribution in [0, 0.1) is 24.6 Å². The average molecular weight is 551 g/mol. The number of amides is 1. The first kappa shape index (κ1) is 29.2. The van der Waals surface area contributed by atoms with Gasteiger partial charge >= 0.3 is 6.18 Å². The monoisotopic (exact) mass is 550 g/mol. The minimum absolute atomic E-state index is 0.0748. The summed E-state index contributed by atoms with van der Waals surface area (Å²) >= 11 is 6.04. The lowest BCUT2D eigenvalue weighted by Gasteiger charge is -2.19. The maximum absolute atomic E-state index is 15.3. The van der Waals surface area contributed by atoms with E-state index in [0.717, 1.165) is 0 Å². The van der Waals surface area contributed by atoms with Gasteiger partial charge in [-0.3, -0.25) is 4.79 Å². The van der Waals surface area contributed by atoms with Crippen LogP contribution in [0.4, 0.5) is 17.6 Å². The van der Waals surface area contributed by atoms with Crippen LogP contribution in [0.1, 0.15) is 42.4 Å². The fourth-order valence-electron chi connectivity index (χ4n) is 3.46. The summed E-state index contributed by atoms with van der Waals surface area (Å²) in [6.45, 7) is 6.21. The molecule has 3 rings (SSSR count). The summed E-state index contributed by atoms with van der Waals surface area (Å²) in [5, 5.41) is 7.83. The van der Waals surface area contributed by atoms with E-state index in [1.165, 1.54) is 22.9 Å². The number of hydrogen-bond donors (Lipinski definition) is 2. The fraction of sp³-hybridized carbons (Fsp3) is 0.333. The molecule has 202 valence electrons. The first-order chi connectivity index (χ1) is 17.7. The van der Waals surface area contributed by atoms with Crippen LogP contribution in [0.3, 0.4) is 0 Å². The van der Waals surface area contributed by atoms with E-state index in [4.69, 9.17) is 22.1 Å². The Kier molecular flexibility index (Phi) is 8.87. The largest absolute Gasteiger partial charge is 0.405 e. The Morgan fingerprint density at radius 2 is 1.84 bits per heavy atom. The van der Waals surface area contributed by atoms with Gasteiger partial charge in [-0.1, -0.05) is 35.6 Å². The standard InChI is InChI=1S/C27H27ClF4N4O2/c1-16-23(25(37)34-26(2,3)4)35-36(24(16)18-8-10-19(28)11-9-18)21-12-7-17(14-20(21)29)6-5-13-38-15-22(33)27(30,31)32/h7-12,14,22H,13,15,33H2,1-4H3,(H,34,37)/t22-/m0/s1. The molecule has 1 amide bonds. The Balaban J connectivity index is 1.93. The van der Waals surface area contributed by atoms with E-state index in [1.54, 1.807) is 31.2 Å². The normalized spacial score (nSPS) is 12.6. The Labute approximate surface area is 223 Å². The number of nitrogens with one attached hydrogen (secondary N) is 1. The van der Waals surface area contributed by atoms with Crippen molar-refractivity contribution in [3.8, 4) is 28.8 Å². The summed E-state index contributed by atoms with van der Waals surface area (Å²) < 4.78 is 58.8. The van der Waals surface area contributed by atoms with E-state index in [-0.39, 0.29) is 23.6 Å². The smallest absolute Gasteiger partial charge is 0.367 e. The van der Waals surface area contributed by atoms with Crippen LogP contribution >= 0.6 is 11.6 Å². The molecule has 2 aromatic carbocycles. The van der Waals surface area contributed by atoms with Crippen LogP contribution in [-0.4, -0.2) is 46.7 Å². The van der Waals surface area contributed by atoms with Gasteiger partial charge in [0.1, 0.15) is 24.2 Å². The number of hydrogen-bond acceptors (Lipinski definition) is 4. The number of benzene rings is 2. The van der Waals surface area contributed by atoms with Gasteiger partial charge in [-0.2, -0.15) is 18.3 Å². The molecule has 1 aromatic heterocycles. The van der Waals surface area contributed by atoms with Crippen molar-refractivity contribution in [2.24, 2.45) is 5.73 Å². The Morgan fingerprint density at radius 1 is 1.18 bits per heavy atom. The van der Waals surface area contributed by atoms with Crippen molar-refractivity contribution in [2.45, 2.75) is 45.5 Å². The van der Waals surface area contributed by atoms with Crippen LogP contribution in [0.5, 0.6) is 0 Å². The van der Waals surface area contributed by atoms with Crippen LogP contribution in [0.25, 0.3) is 16.9 Å². The second-order valence-corrected chi connectivity index (χ2v) is 10.0. The molecule has 6 nitrogen and oxygen atoms in total. The second-order valence-electron chi connectivity index (χ2n) is 9.58. The van der Waals surface area contributed by atoms with Crippen LogP contribution < -0.4 is 11.1 Å². The van der Waals surface area contributed by atoms with Crippen LogP contribution in [-0.2, 0) is 4.74 Å². The summed E-state index contributed by atoms with van der Waals surface area (Å²) in [6.07, 6.45) is -4.56. The van der Waals surface area contributed by atoms with Crippen molar-refractivity contribution >= 4 is 17.5 Å². The molecule has 0 saturated heterocycles. The van der Waals surface area contributed by atoms with Crippen LogP contribution in [0.2, 0.25) is 5.02 Å². The molecule has 1 atom stereocenters. The molecule has 0 saturated carbocycles. The summed E-state index contributed by atoms with van der Waals surface area (Å²) in [6, 6.07) is 8.91. The predicted octanol–water partition coefficient (Wildman–Crippen LogP) is 5.43. The number of nitrogens with two attached hydrogens (primary N) is 1. The molecule has 0 bridgehead atoms. The average Bonchev–Trinajstić information content (AvgIpc) is 3.14. The highest BCUT2D eigenvalue weighted by Gasteiger charge is 2.36. The van der Waals surface area contributed by atoms with Gasteiger partial charge < -0.3 is 15.8 Å². The fourth-order valence-corrected chi connectivity index (χ4v) is 3.58.